The molecule has 0 saturated carbocycles. The molecule has 0 unspecified atom stereocenters. The molecule has 4 heteroatoms. The maximum atomic E-state index is 12.0. The lowest BCUT2D eigenvalue weighted by atomic mass is 9.80. The van der Waals surface area contributed by atoms with Crippen molar-refractivity contribution in [2.24, 2.45) is 12.5 Å². The van der Waals surface area contributed by atoms with Gasteiger partial charge in [-0.05, 0) is 36.5 Å². The Morgan fingerprint density at radius 1 is 1.33 bits per heavy atom. The maximum absolute atomic E-state index is 12.0. The van der Waals surface area contributed by atoms with E-state index in [4.69, 9.17) is 0 Å². The van der Waals surface area contributed by atoms with E-state index in [0.29, 0.717) is 19.3 Å². The van der Waals surface area contributed by atoms with Gasteiger partial charge in [-0.25, -0.2) is 0 Å². The Bertz CT molecular complexity index is 663. The van der Waals surface area contributed by atoms with Gasteiger partial charge in [0.2, 0.25) is 0 Å². The van der Waals surface area contributed by atoms with Crippen molar-refractivity contribution in [1.82, 2.24) is 9.78 Å². The summed E-state index contributed by atoms with van der Waals surface area (Å²) in [5.74, 6) is -0.710. The van der Waals surface area contributed by atoms with Gasteiger partial charge in [0.1, 0.15) is 0 Å². The van der Waals surface area contributed by atoms with E-state index in [-0.39, 0.29) is 0 Å². The highest BCUT2D eigenvalue weighted by atomic mass is 16.4. The number of aliphatic carboxylic acids is 1. The molecular formula is C17H20N2O2. The molecule has 1 heterocycles. The van der Waals surface area contributed by atoms with E-state index < -0.39 is 11.4 Å². The SMILES string of the molecule is CCc1cc(CC2(C(=O)O)Cc3ccccc3C2)n(C)n1. The van der Waals surface area contributed by atoms with Gasteiger partial charge in [-0.3, -0.25) is 9.48 Å². The van der Waals surface area contributed by atoms with Crippen LogP contribution in [0, 0.1) is 5.41 Å². The van der Waals surface area contributed by atoms with Crippen molar-refractivity contribution in [3.05, 3.63) is 52.8 Å². The number of rotatable bonds is 4. The lowest BCUT2D eigenvalue weighted by Crippen LogP contribution is -2.35. The number of nitrogens with zero attached hydrogens (tertiary/aromatic N) is 2. The fraction of sp³-hybridized carbons (Fsp3) is 0.412. The second-order valence-electron chi connectivity index (χ2n) is 5.99. The van der Waals surface area contributed by atoms with E-state index in [0.717, 1.165) is 28.9 Å². The predicted octanol–water partition coefficient (Wildman–Crippen LogP) is 2.39. The quantitative estimate of drug-likeness (QED) is 0.938. The smallest absolute Gasteiger partial charge is 0.310 e. The number of aromatic nitrogens is 2. The highest BCUT2D eigenvalue weighted by Gasteiger charge is 2.44. The molecule has 0 spiro atoms. The standard InChI is InChI=1S/C17H20N2O2/c1-3-14-8-15(19(2)18-14)11-17(16(20)21)9-12-6-4-5-7-13(12)10-17/h4-8H,3,9-11H2,1-2H3,(H,20,21). The highest BCUT2D eigenvalue weighted by molar-refractivity contribution is 5.77. The summed E-state index contributed by atoms with van der Waals surface area (Å²) in [5.41, 5.74) is 3.61. The minimum absolute atomic E-state index is 0.528. The lowest BCUT2D eigenvalue weighted by Gasteiger charge is -2.23. The molecule has 1 aromatic carbocycles. The first-order chi connectivity index (χ1) is 10.0. The van der Waals surface area contributed by atoms with E-state index in [1.165, 1.54) is 0 Å². The topological polar surface area (TPSA) is 55.1 Å². The predicted molar refractivity (Wildman–Crippen MR) is 80.2 cm³/mol. The molecule has 2 aromatic rings. The van der Waals surface area contributed by atoms with E-state index in [2.05, 4.69) is 12.0 Å². The van der Waals surface area contributed by atoms with Crippen molar-refractivity contribution in [2.45, 2.75) is 32.6 Å². The van der Waals surface area contributed by atoms with Gasteiger partial charge in [-0.2, -0.15) is 5.10 Å². The molecule has 1 aliphatic rings. The van der Waals surface area contributed by atoms with E-state index in [1.54, 1.807) is 0 Å². The van der Waals surface area contributed by atoms with E-state index in [1.807, 2.05) is 42.1 Å². The van der Waals surface area contributed by atoms with Gasteiger partial charge in [0, 0.05) is 19.2 Å². The Kier molecular flexibility index (Phi) is 3.32. The Morgan fingerprint density at radius 2 is 1.95 bits per heavy atom. The number of carboxylic acids is 1. The molecule has 1 N–H and O–H groups in total. The van der Waals surface area contributed by atoms with Gasteiger partial charge in [0.15, 0.2) is 0 Å². The van der Waals surface area contributed by atoms with Gasteiger partial charge in [-0.15, -0.1) is 0 Å². The van der Waals surface area contributed by atoms with Gasteiger partial charge < -0.3 is 5.11 Å². The third-order valence-corrected chi connectivity index (χ3v) is 4.54. The van der Waals surface area contributed by atoms with Crippen LogP contribution in [0.15, 0.2) is 30.3 Å². The van der Waals surface area contributed by atoms with Crippen LogP contribution in [0.4, 0.5) is 0 Å². The van der Waals surface area contributed by atoms with Gasteiger partial charge >= 0.3 is 5.97 Å². The van der Waals surface area contributed by atoms with E-state index >= 15 is 0 Å². The maximum Gasteiger partial charge on any atom is 0.310 e. The van der Waals surface area contributed by atoms with Gasteiger partial charge in [0.05, 0.1) is 11.1 Å². The fourth-order valence-corrected chi connectivity index (χ4v) is 3.30. The summed E-state index contributed by atoms with van der Waals surface area (Å²) in [6, 6.07) is 10.1. The molecule has 0 fully saturated rings. The van der Waals surface area contributed by atoms with Crippen molar-refractivity contribution < 1.29 is 9.90 Å². The Balaban J connectivity index is 1.94. The molecule has 1 aliphatic carbocycles. The normalized spacial score (nSPS) is 15.9. The molecule has 0 atom stereocenters. The second kappa shape index (κ2) is 5.02. The van der Waals surface area contributed by atoms with Crippen LogP contribution >= 0.6 is 0 Å². The molecule has 1 aromatic heterocycles. The molecular weight excluding hydrogens is 264 g/mol. The number of hydrogen-bond acceptors (Lipinski definition) is 2. The molecule has 21 heavy (non-hydrogen) atoms. The Hall–Kier alpha value is -2.10. The number of aryl methyl sites for hydroxylation is 2. The average Bonchev–Trinajstić information content (AvgIpc) is 3.00. The van der Waals surface area contributed by atoms with Crippen LogP contribution in [-0.4, -0.2) is 20.9 Å². The van der Waals surface area contributed by atoms with Crippen molar-refractivity contribution in [1.29, 1.82) is 0 Å². The summed E-state index contributed by atoms with van der Waals surface area (Å²) in [6.07, 6.45) is 2.60. The van der Waals surface area contributed by atoms with Crippen LogP contribution < -0.4 is 0 Å². The first-order valence-corrected chi connectivity index (χ1v) is 7.36. The molecule has 3 rings (SSSR count). The Morgan fingerprint density at radius 3 is 2.43 bits per heavy atom. The minimum Gasteiger partial charge on any atom is -0.481 e. The molecule has 0 bridgehead atoms. The number of carboxylic acid groups (broad SMARTS) is 1. The first kappa shape index (κ1) is 13.9. The van der Waals surface area contributed by atoms with Crippen LogP contribution in [0.3, 0.4) is 0 Å². The summed E-state index contributed by atoms with van der Waals surface area (Å²) in [6.45, 7) is 2.06. The summed E-state index contributed by atoms with van der Waals surface area (Å²) in [5, 5.41) is 14.3. The molecule has 110 valence electrons. The number of hydrogen-bond donors (Lipinski definition) is 1. The fourth-order valence-electron chi connectivity index (χ4n) is 3.30. The van der Waals surface area contributed by atoms with Crippen LogP contribution in [0.2, 0.25) is 0 Å². The second-order valence-corrected chi connectivity index (χ2v) is 5.99. The van der Waals surface area contributed by atoms with Crippen molar-refractivity contribution in [3.63, 3.8) is 0 Å². The molecule has 4 nitrogen and oxygen atoms in total. The van der Waals surface area contributed by atoms with E-state index in [9.17, 15) is 9.90 Å². The highest BCUT2D eigenvalue weighted by Crippen LogP contribution is 2.40. The van der Waals surface area contributed by atoms with Gasteiger partial charge in [0.25, 0.3) is 0 Å². The zero-order valence-electron chi connectivity index (χ0n) is 12.5. The monoisotopic (exact) mass is 284 g/mol. The first-order valence-electron chi connectivity index (χ1n) is 7.36. The van der Waals surface area contributed by atoms with Crippen molar-refractivity contribution >= 4 is 5.97 Å². The van der Waals surface area contributed by atoms with Crippen LogP contribution in [0.25, 0.3) is 0 Å². The largest absolute Gasteiger partial charge is 0.481 e. The third-order valence-electron chi connectivity index (χ3n) is 4.54. The number of benzene rings is 1. The summed E-state index contributed by atoms with van der Waals surface area (Å²) >= 11 is 0. The van der Waals surface area contributed by atoms with Crippen LogP contribution in [0.5, 0.6) is 0 Å². The number of carbonyl (C=O) groups is 1. The third kappa shape index (κ3) is 2.35. The zero-order valence-corrected chi connectivity index (χ0v) is 12.5. The zero-order chi connectivity index (χ0) is 15.0. The summed E-state index contributed by atoms with van der Waals surface area (Å²) < 4.78 is 1.83. The van der Waals surface area contributed by atoms with Crippen molar-refractivity contribution in [2.75, 3.05) is 0 Å². The molecule has 0 radical (unpaired) electrons. The summed E-state index contributed by atoms with van der Waals surface area (Å²) in [7, 11) is 1.89. The van der Waals surface area contributed by atoms with Crippen LogP contribution in [0.1, 0.15) is 29.4 Å². The average molecular weight is 284 g/mol. The summed E-state index contributed by atoms with van der Waals surface area (Å²) in [4.78, 5) is 12.0. The molecule has 0 aliphatic heterocycles. The lowest BCUT2D eigenvalue weighted by molar-refractivity contribution is -0.148. The Labute approximate surface area is 124 Å². The number of fused-ring (bicyclic) bond motifs is 1. The van der Waals surface area contributed by atoms with Gasteiger partial charge in [-0.1, -0.05) is 31.2 Å². The van der Waals surface area contributed by atoms with Crippen LogP contribution in [-0.2, 0) is 37.5 Å². The minimum atomic E-state index is -0.734. The molecule has 0 saturated heterocycles. The molecule has 0 amide bonds. The van der Waals surface area contributed by atoms with Crippen molar-refractivity contribution in [3.8, 4) is 0 Å².